The summed E-state index contributed by atoms with van der Waals surface area (Å²) in [5, 5.41) is 0. The van der Waals surface area contributed by atoms with Gasteiger partial charge in [-0.05, 0) is 24.3 Å². The van der Waals surface area contributed by atoms with Crippen LogP contribution in [0, 0.1) is 0 Å². The van der Waals surface area contributed by atoms with Crippen LogP contribution in [0.15, 0.2) is 47.2 Å². The van der Waals surface area contributed by atoms with Gasteiger partial charge in [0.15, 0.2) is 0 Å². The highest BCUT2D eigenvalue weighted by Crippen LogP contribution is 2.15. The summed E-state index contributed by atoms with van der Waals surface area (Å²) >= 11 is 3.38. The maximum atomic E-state index is 12.5. The van der Waals surface area contributed by atoms with Crippen molar-refractivity contribution in [3.63, 3.8) is 0 Å². The van der Waals surface area contributed by atoms with Gasteiger partial charge in [-0.2, -0.15) is 0 Å². The molecule has 2 aromatic rings. The van der Waals surface area contributed by atoms with Gasteiger partial charge in [0.25, 0.3) is 11.8 Å². The summed E-state index contributed by atoms with van der Waals surface area (Å²) in [5.74, 6) is 0.0193. The van der Waals surface area contributed by atoms with Crippen molar-refractivity contribution in [3.8, 4) is 0 Å². The molecule has 0 bridgehead atoms. The first-order valence-electron chi connectivity index (χ1n) is 7.12. The highest BCUT2D eigenvalue weighted by Gasteiger charge is 2.25. The molecule has 2 heterocycles. The number of hydrogen-bond acceptors (Lipinski definition) is 2. The van der Waals surface area contributed by atoms with Crippen LogP contribution in [0.25, 0.3) is 0 Å². The lowest BCUT2D eigenvalue weighted by molar-refractivity contribution is 0.0535. The van der Waals surface area contributed by atoms with Gasteiger partial charge in [0, 0.05) is 48.6 Å². The molecule has 2 amide bonds. The van der Waals surface area contributed by atoms with Crippen LogP contribution in [0.4, 0.5) is 0 Å². The molecule has 114 valence electrons. The van der Waals surface area contributed by atoms with Gasteiger partial charge in [-0.3, -0.25) is 9.59 Å². The Morgan fingerprint density at radius 1 is 0.955 bits per heavy atom. The van der Waals surface area contributed by atoms with Gasteiger partial charge < -0.3 is 14.8 Å². The molecule has 1 aromatic heterocycles. The first-order valence-corrected chi connectivity index (χ1v) is 7.91. The van der Waals surface area contributed by atoms with Crippen LogP contribution in [0.2, 0.25) is 0 Å². The number of halogens is 1. The summed E-state index contributed by atoms with van der Waals surface area (Å²) < 4.78 is 0.889. The van der Waals surface area contributed by atoms with Gasteiger partial charge in [-0.15, -0.1) is 0 Å². The smallest absolute Gasteiger partial charge is 0.255 e. The molecule has 1 N–H and O–H groups in total. The monoisotopic (exact) mass is 361 g/mol. The zero-order chi connectivity index (χ0) is 15.5. The van der Waals surface area contributed by atoms with E-state index in [1.165, 1.54) is 0 Å². The second-order valence-electron chi connectivity index (χ2n) is 5.19. The van der Waals surface area contributed by atoms with Gasteiger partial charge in [0.05, 0.1) is 5.56 Å². The van der Waals surface area contributed by atoms with Crippen molar-refractivity contribution >= 4 is 27.7 Å². The second kappa shape index (κ2) is 6.36. The van der Waals surface area contributed by atoms with Gasteiger partial charge in [0.2, 0.25) is 0 Å². The molecule has 0 spiro atoms. The number of piperazine rings is 1. The fourth-order valence-corrected chi connectivity index (χ4v) is 2.96. The molecule has 1 saturated heterocycles. The molecule has 6 heteroatoms. The van der Waals surface area contributed by atoms with Gasteiger partial charge in [-0.1, -0.05) is 22.0 Å². The summed E-state index contributed by atoms with van der Waals surface area (Å²) in [6, 6.07) is 9.14. The predicted octanol–water partition coefficient (Wildman–Crippen LogP) is 2.38. The van der Waals surface area contributed by atoms with E-state index in [-0.39, 0.29) is 11.8 Å². The molecule has 0 aliphatic carbocycles. The topological polar surface area (TPSA) is 56.4 Å². The average molecular weight is 362 g/mol. The number of aromatic nitrogens is 1. The largest absolute Gasteiger partial charge is 0.367 e. The first kappa shape index (κ1) is 14.8. The number of aromatic amines is 1. The maximum Gasteiger partial charge on any atom is 0.255 e. The van der Waals surface area contributed by atoms with Crippen molar-refractivity contribution in [3.05, 3.63) is 58.3 Å². The summed E-state index contributed by atoms with van der Waals surface area (Å²) in [6.07, 6.45) is 3.43. The summed E-state index contributed by atoms with van der Waals surface area (Å²) in [6.45, 7) is 2.23. The van der Waals surface area contributed by atoms with E-state index < -0.39 is 0 Å². The Hall–Kier alpha value is -2.08. The molecule has 0 unspecified atom stereocenters. The van der Waals surface area contributed by atoms with E-state index in [0.29, 0.717) is 37.3 Å². The summed E-state index contributed by atoms with van der Waals surface area (Å²) in [5.41, 5.74) is 1.33. The standard InChI is InChI=1S/C16H16BrN3O2/c17-14-3-1-2-12(10-14)15(21)19-6-8-20(9-7-19)16(22)13-4-5-18-11-13/h1-5,10-11,18H,6-9H2. The highest BCUT2D eigenvalue weighted by atomic mass is 79.9. The Balaban J connectivity index is 1.62. The Morgan fingerprint density at radius 2 is 1.59 bits per heavy atom. The van der Waals surface area contributed by atoms with E-state index >= 15 is 0 Å². The SMILES string of the molecule is O=C(c1cc[nH]c1)N1CCN(C(=O)c2cccc(Br)c2)CC1. The zero-order valence-corrected chi connectivity index (χ0v) is 13.5. The molecule has 1 aliphatic rings. The van der Waals surface area contributed by atoms with E-state index in [9.17, 15) is 9.59 Å². The molecular formula is C16H16BrN3O2. The van der Waals surface area contributed by atoms with E-state index in [1.807, 2.05) is 24.3 Å². The van der Waals surface area contributed by atoms with Crippen molar-refractivity contribution in [1.82, 2.24) is 14.8 Å². The van der Waals surface area contributed by atoms with Crippen LogP contribution < -0.4 is 0 Å². The lowest BCUT2D eigenvalue weighted by Gasteiger charge is -2.34. The molecule has 0 radical (unpaired) electrons. The van der Waals surface area contributed by atoms with E-state index in [1.54, 1.807) is 28.3 Å². The minimum Gasteiger partial charge on any atom is -0.367 e. The number of hydrogen-bond donors (Lipinski definition) is 1. The van der Waals surface area contributed by atoms with Gasteiger partial charge >= 0.3 is 0 Å². The van der Waals surface area contributed by atoms with Crippen molar-refractivity contribution in [2.45, 2.75) is 0 Å². The predicted molar refractivity (Wildman–Crippen MR) is 86.7 cm³/mol. The number of nitrogens with one attached hydrogen (secondary N) is 1. The number of carbonyl (C=O) groups is 2. The summed E-state index contributed by atoms with van der Waals surface area (Å²) in [4.78, 5) is 31.2. The number of carbonyl (C=O) groups excluding carboxylic acids is 2. The third-order valence-electron chi connectivity index (χ3n) is 3.77. The van der Waals surface area contributed by atoms with Crippen LogP contribution in [-0.4, -0.2) is 52.8 Å². The van der Waals surface area contributed by atoms with Crippen molar-refractivity contribution in [2.75, 3.05) is 26.2 Å². The minimum absolute atomic E-state index is 0.00930. The Kier molecular flexibility index (Phi) is 4.29. The molecule has 0 saturated carbocycles. The third kappa shape index (κ3) is 3.06. The zero-order valence-electron chi connectivity index (χ0n) is 12.0. The average Bonchev–Trinajstić information content (AvgIpc) is 3.08. The highest BCUT2D eigenvalue weighted by molar-refractivity contribution is 9.10. The van der Waals surface area contributed by atoms with Gasteiger partial charge in [-0.25, -0.2) is 0 Å². The summed E-state index contributed by atoms with van der Waals surface area (Å²) in [7, 11) is 0. The van der Waals surface area contributed by atoms with Crippen LogP contribution >= 0.6 is 15.9 Å². The van der Waals surface area contributed by atoms with E-state index in [4.69, 9.17) is 0 Å². The van der Waals surface area contributed by atoms with Crippen molar-refractivity contribution in [2.24, 2.45) is 0 Å². The van der Waals surface area contributed by atoms with E-state index in [2.05, 4.69) is 20.9 Å². The normalized spacial score (nSPS) is 15.0. The third-order valence-corrected chi connectivity index (χ3v) is 4.26. The Bertz CT molecular complexity index is 676. The molecule has 5 nitrogen and oxygen atoms in total. The van der Waals surface area contributed by atoms with Crippen LogP contribution in [0.1, 0.15) is 20.7 Å². The number of benzene rings is 1. The number of H-pyrrole nitrogens is 1. The number of rotatable bonds is 2. The first-order chi connectivity index (χ1) is 10.6. The molecule has 1 aliphatic heterocycles. The minimum atomic E-state index is 0.00930. The quantitative estimate of drug-likeness (QED) is 0.892. The Labute approximate surface area is 137 Å². The van der Waals surface area contributed by atoms with Crippen molar-refractivity contribution in [1.29, 1.82) is 0 Å². The van der Waals surface area contributed by atoms with Crippen LogP contribution in [-0.2, 0) is 0 Å². The number of amides is 2. The molecule has 1 fully saturated rings. The fourth-order valence-electron chi connectivity index (χ4n) is 2.56. The molecule has 0 atom stereocenters. The maximum absolute atomic E-state index is 12.5. The second-order valence-corrected chi connectivity index (χ2v) is 6.11. The van der Waals surface area contributed by atoms with Crippen molar-refractivity contribution < 1.29 is 9.59 Å². The van der Waals surface area contributed by atoms with Crippen LogP contribution in [0.3, 0.4) is 0 Å². The van der Waals surface area contributed by atoms with Gasteiger partial charge in [0.1, 0.15) is 0 Å². The molecule has 1 aromatic carbocycles. The van der Waals surface area contributed by atoms with E-state index in [0.717, 1.165) is 4.47 Å². The molecule has 22 heavy (non-hydrogen) atoms. The lowest BCUT2D eigenvalue weighted by atomic mass is 10.1. The lowest BCUT2D eigenvalue weighted by Crippen LogP contribution is -2.50. The molecule has 3 rings (SSSR count). The molecular weight excluding hydrogens is 346 g/mol. The number of nitrogens with zero attached hydrogens (tertiary/aromatic N) is 2. The fraction of sp³-hybridized carbons (Fsp3) is 0.250. The Morgan fingerprint density at radius 3 is 2.14 bits per heavy atom. The van der Waals surface area contributed by atoms with Crippen LogP contribution in [0.5, 0.6) is 0 Å².